The molecule has 0 radical (unpaired) electrons. The standard InChI is InChI=1S/C13H17NOS/c1-16-13-6-4-12(5-7-13)14-9-11-3-2-8-15-10-11/h3-7,14H,2,8-10H2,1H3. The highest BCUT2D eigenvalue weighted by atomic mass is 32.2. The van der Waals surface area contributed by atoms with E-state index < -0.39 is 0 Å². The zero-order valence-corrected chi connectivity index (χ0v) is 10.3. The van der Waals surface area contributed by atoms with Crippen LogP contribution in [0.4, 0.5) is 5.69 Å². The summed E-state index contributed by atoms with van der Waals surface area (Å²) in [5.41, 5.74) is 2.52. The molecule has 1 aromatic rings. The van der Waals surface area contributed by atoms with Crippen LogP contribution < -0.4 is 5.32 Å². The Bertz CT molecular complexity index is 359. The van der Waals surface area contributed by atoms with Gasteiger partial charge in [0, 0.05) is 17.1 Å². The monoisotopic (exact) mass is 235 g/mol. The molecule has 1 aromatic carbocycles. The zero-order valence-electron chi connectivity index (χ0n) is 9.53. The average molecular weight is 235 g/mol. The lowest BCUT2D eigenvalue weighted by Crippen LogP contribution is -2.13. The van der Waals surface area contributed by atoms with E-state index in [1.165, 1.54) is 16.2 Å². The molecule has 0 saturated carbocycles. The quantitative estimate of drug-likeness (QED) is 0.640. The number of anilines is 1. The Morgan fingerprint density at radius 2 is 2.12 bits per heavy atom. The minimum atomic E-state index is 0.774. The van der Waals surface area contributed by atoms with E-state index in [9.17, 15) is 0 Å². The first-order valence-electron chi connectivity index (χ1n) is 5.52. The number of ether oxygens (including phenoxy) is 1. The van der Waals surface area contributed by atoms with Crippen molar-refractivity contribution in [2.75, 3.05) is 31.3 Å². The van der Waals surface area contributed by atoms with Crippen molar-refractivity contribution in [3.63, 3.8) is 0 Å². The summed E-state index contributed by atoms with van der Waals surface area (Å²) < 4.78 is 5.40. The zero-order chi connectivity index (χ0) is 11.2. The lowest BCUT2D eigenvalue weighted by molar-refractivity contribution is 0.150. The topological polar surface area (TPSA) is 21.3 Å². The molecular weight excluding hydrogens is 218 g/mol. The fourth-order valence-electron chi connectivity index (χ4n) is 1.66. The fraction of sp³-hybridized carbons (Fsp3) is 0.385. The third-order valence-corrected chi connectivity index (χ3v) is 3.34. The fourth-order valence-corrected chi connectivity index (χ4v) is 2.06. The second-order valence-corrected chi connectivity index (χ2v) is 4.67. The molecule has 3 heteroatoms. The van der Waals surface area contributed by atoms with Gasteiger partial charge < -0.3 is 10.1 Å². The van der Waals surface area contributed by atoms with Crippen molar-refractivity contribution < 1.29 is 4.74 Å². The average Bonchev–Trinajstić information content (AvgIpc) is 2.38. The van der Waals surface area contributed by atoms with Crippen molar-refractivity contribution in [2.24, 2.45) is 0 Å². The van der Waals surface area contributed by atoms with E-state index in [4.69, 9.17) is 4.74 Å². The normalized spacial score (nSPS) is 15.7. The minimum Gasteiger partial charge on any atom is -0.381 e. The first-order chi connectivity index (χ1) is 7.88. The van der Waals surface area contributed by atoms with Gasteiger partial charge in [-0.25, -0.2) is 0 Å². The Balaban J connectivity index is 1.86. The Morgan fingerprint density at radius 3 is 2.75 bits per heavy atom. The summed E-state index contributed by atoms with van der Waals surface area (Å²) >= 11 is 1.76. The molecule has 1 aliphatic rings. The van der Waals surface area contributed by atoms with Crippen molar-refractivity contribution in [3.8, 4) is 0 Å². The van der Waals surface area contributed by atoms with E-state index in [1.54, 1.807) is 11.8 Å². The molecule has 0 spiro atoms. The minimum absolute atomic E-state index is 0.774. The number of hydrogen-bond donors (Lipinski definition) is 1. The van der Waals surface area contributed by atoms with E-state index >= 15 is 0 Å². The van der Waals surface area contributed by atoms with Gasteiger partial charge in [0.25, 0.3) is 0 Å². The molecule has 0 atom stereocenters. The van der Waals surface area contributed by atoms with Crippen LogP contribution in [0.1, 0.15) is 6.42 Å². The summed E-state index contributed by atoms with van der Waals surface area (Å²) in [6.45, 7) is 2.53. The van der Waals surface area contributed by atoms with Crippen LogP contribution in [-0.4, -0.2) is 26.0 Å². The van der Waals surface area contributed by atoms with E-state index in [1.807, 2.05) is 0 Å². The van der Waals surface area contributed by atoms with E-state index in [-0.39, 0.29) is 0 Å². The van der Waals surface area contributed by atoms with Gasteiger partial charge in [-0.3, -0.25) is 0 Å². The Hall–Kier alpha value is -0.930. The lowest BCUT2D eigenvalue weighted by Gasteiger charge is -2.15. The second-order valence-electron chi connectivity index (χ2n) is 3.79. The molecule has 0 amide bonds. The van der Waals surface area contributed by atoms with Crippen LogP contribution in [0.15, 0.2) is 40.8 Å². The third kappa shape index (κ3) is 3.29. The SMILES string of the molecule is CSc1ccc(NCC2=CCCOC2)cc1. The van der Waals surface area contributed by atoms with E-state index in [0.717, 1.165) is 26.2 Å². The van der Waals surface area contributed by atoms with Gasteiger partial charge in [0.15, 0.2) is 0 Å². The number of thioether (sulfide) groups is 1. The molecule has 86 valence electrons. The molecule has 0 bridgehead atoms. The largest absolute Gasteiger partial charge is 0.381 e. The maximum absolute atomic E-state index is 5.40. The van der Waals surface area contributed by atoms with Gasteiger partial charge in [-0.05, 0) is 42.5 Å². The van der Waals surface area contributed by atoms with E-state index in [0.29, 0.717) is 0 Å². The van der Waals surface area contributed by atoms with Crippen LogP contribution >= 0.6 is 11.8 Å². The smallest absolute Gasteiger partial charge is 0.0693 e. The van der Waals surface area contributed by atoms with Crippen molar-refractivity contribution in [1.29, 1.82) is 0 Å². The molecule has 0 aliphatic carbocycles. The van der Waals surface area contributed by atoms with Crippen LogP contribution in [0.3, 0.4) is 0 Å². The first kappa shape index (κ1) is 11.6. The van der Waals surface area contributed by atoms with Gasteiger partial charge in [-0.2, -0.15) is 0 Å². The molecule has 2 nitrogen and oxygen atoms in total. The third-order valence-electron chi connectivity index (χ3n) is 2.59. The summed E-state index contributed by atoms with van der Waals surface area (Å²) in [6.07, 6.45) is 5.40. The van der Waals surface area contributed by atoms with Gasteiger partial charge >= 0.3 is 0 Å². The highest BCUT2D eigenvalue weighted by molar-refractivity contribution is 7.98. The molecule has 0 unspecified atom stereocenters. The highest BCUT2D eigenvalue weighted by Gasteiger charge is 2.03. The summed E-state index contributed by atoms with van der Waals surface area (Å²) in [4.78, 5) is 1.30. The maximum atomic E-state index is 5.40. The van der Waals surface area contributed by atoms with Gasteiger partial charge in [-0.15, -0.1) is 11.8 Å². The number of benzene rings is 1. The summed E-state index contributed by atoms with van der Waals surface area (Å²) in [7, 11) is 0. The van der Waals surface area contributed by atoms with Crippen molar-refractivity contribution in [2.45, 2.75) is 11.3 Å². The van der Waals surface area contributed by atoms with Crippen molar-refractivity contribution in [3.05, 3.63) is 35.9 Å². The Morgan fingerprint density at radius 1 is 1.31 bits per heavy atom. The van der Waals surface area contributed by atoms with Crippen LogP contribution in [-0.2, 0) is 4.74 Å². The van der Waals surface area contributed by atoms with Gasteiger partial charge in [0.2, 0.25) is 0 Å². The second kappa shape index (κ2) is 5.97. The predicted octanol–water partition coefficient (Wildman–Crippen LogP) is 3.17. The lowest BCUT2D eigenvalue weighted by atomic mass is 10.2. The highest BCUT2D eigenvalue weighted by Crippen LogP contribution is 2.17. The Kier molecular flexibility index (Phi) is 4.31. The van der Waals surface area contributed by atoms with Crippen LogP contribution in [0, 0.1) is 0 Å². The molecule has 2 rings (SSSR count). The number of hydrogen-bond acceptors (Lipinski definition) is 3. The van der Waals surface area contributed by atoms with Crippen LogP contribution in [0.25, 0.3) is 0 Å². The summed E-state index contributed by atoms with van der Waals surface area (Å²) in [6, 6.07) is 8.52. The molecule has 0 aromatic heterocycles. The Labute approximate surface area is 101 Å². The summed E-state index contributed by atoms with van der Waals surface area (Å²) in [5.74, 6) is 0. The molecule has 0 saturated heterocycles. The molecule has 16 heavy (non-hydrogen) atoms. The number of nitrogens with one attached hydrogen (secondary N) is 1. The molecule has 1 aliphatic heterocycles. The molecular formula is C13H17NOS. The van der Waals surface area contributed by atoms with Crippen molar-refractivity contribution in [1.82, 2.24) is 0 Å². The molecule has 1 N–H and O–H groups in total. The van der Waals surface area contributed by atoms with Crippen LogP contribution in [0.5, 0.6) is 0 Å². The maximum Gasteiger partial charge on any atom is 0.0693 e. The number of rotatable bonds is 4. The van der Waals surface area contributed by atoms with Crippen LogP contribution in [0.2, 0.25) is 0 Å². The summed E-state index contributed by atoms with van der Waals surface area (Å²) in [5, 5.41) is 3.41. The van der Waals surface area contributed by atoms with Crippen molar-refractivity contribution >= 4 is 17.4 Å². The molecule has 0 fully saturated rings. The van der Waals surface area contributed by atoms with Gasteiger partial charge in [-0.1, -0.05) is 6.08 Å². The van der Waals surface area contributed by atoms with E-state index in [2.05, 4.69) is 41.9 Å². The predicted molar refractivity (Wildman–Crippen MR) is 70.2 cm³/mol. The molecule has 1 heterocycles. The van der Waals surface area contributed by atoms with Gasteiger partial charge in [0.05, 0.1) is 13.2 Å². The first-order valence-corrected chi connectivity index (χ1v) is 6.74. The van der Waals surface area contributed by atoms with Gasteiger partial charge in [0.1, 0.15) is 0 Å².